The van der Waals surface area contributed by atoms with E-state index in [0.717, 1.165) is 35.2 Å². The third kappa shape index (κ3) is 2.02. The topological polar surface area (TPSA) is 50.9 Å². The first-order valence-electron chi connectivity index (χ1n) is 7.28. The molecule has 21 heavy (non-hydrogen) atoms. The number of nitrogen functional groups attached to an aromatic ring is 1. The Morgan fingerprint density at radius 1 is 1.05 bits per heavy atom. The van der Waals surface area contributed by atoms with Crippen molar-refractivity contribution in [1.29, 1.82) is 0 Å². The lowest BCUT2D eigenvalue weighted by molar-refractivity contribution is 0.635. The van der Waals surface area contributed by atoms with Gasteiger partial charge in [-0.1, -0.05) is 36.4 Å². The number of hydrogen-bond acceptors (Lipinski definition) is 3. The molecule has 0 fully saturated rings. The van der Waals surface area contributed by atoms with Crippen LogP contribution in [-0.4, -0.2) is 11.5 Å². The summed E-state index contributed by atoms with van der Waals surface area (Å²) in [6.45, 7) is 0.915. The van der Waals surface area contributed by atoms with Crippen LogP contribution in [0, 0.1) is 0 Å². The van der Waals surface area contributed by atoms with Crippen LogP contribution in [0.1, 0.15) is 17.0 Å². The summed E-state index contributed by atoms with van der Waals surface area (Å²) in [4.78, 5) is 4.47. The van der Waals surface area contributed by atoms with Crippen molar-refractivity contribution in [3.63, 3.8) is 0 Å². The van der Waals surface area contributed by atoms with Gasteiger partial charge < -0.3 is 11.1 Å². The van der Waals surface area contributed by atoms with E-state index in [-0.39, 0.29) is 0 Å². The molecule has 0 aliphatic heterocycles. The molecule has 1 heterocycles. The molecule has 4 rings (SSSR count). The first kappa shape index (κ1) is 12.2. The predicted molar refractivity (Wildman–Crippen MR) is 87.5 cm³/mol. The zero-order chi connectivity index (χ0) is 14.2. The van der Waals surface area contributed by atoms with Crippen LogP contribution in [0.15, 0.2) is 54.7 Å². The van der Waals surface area contributed by atoms with Crippen LogP contribution in [-0.2, 0) is 6.42 Å². The third-order valence-electron chi connectivity index (χ3n) is 4.32. The van der Waals surface area contributed by atoms with Crippen molar-refractivity contribution in [2.75, 3.05) is 17.6 Å². The average molecular weight is 275 g/mol. The second kappa shape index (κ2) is 4.77. The number of anilines is 2. The lowest BCUT2D eigenvalue weighted by Gasteiger charge is -2.30. The summed E-state index contributed by atoms with van der Waals surface area (Å²) >= 11 is 0. The molecule has 3 nitrogen and oxygen atoms in total. The van der Waals surface area contributed by atoms with Gasteiger partial charge >= 0.3 is 0 Å². The molecule has 0 spiro atoms. The second-order valence-corrected chi connectivity index (χ2v) is 5.58. The lowest BCUT2D eigenvalue weighted by Crippen LogP contribution is -2.24. The van der Waals surface area contributed by atoms with Gasteiger partial charge in [0.05, 0.1) is 0 Å². The number of benzene rings is 2. The monoisotopic (exact) mass is 275 g/mol. The van der Waals surface area contributed by atoms with Gasteiger partial charge in [-0.05, 0) is 29.7 Å². The van der Waals surface area contributed by atoms with E-state index < -0.39 is 0 Å². The molecule has 3 aromatic rings. The molecular weight excluding hydrogens is 258 g/mol. The highest BCUT2D eigenvalue weighted by Crippen LogP contribution is 2.35. The number of aromatic nitrogens is 1. The molecule has 0 amide bonds. The number of nitrogens with one attached hydrogen (secondary N) is 1. The largest absolute Gasteiger partial charge is 0.398 e. The summed E-state index contributed by atoms with van der Waals surface area (Å²) in [5.41, 5.74) is 9.76. The van der Waals surface area contributed by atoms with Crippen LogP contribution >= 0.6 is 0 Å². The van der Waals surface area contributed by atoms with Crippen molar-refractivity contribution in [2.45, 2.75) is 12.3 Å². The summed E-state index contributed by atoms with van der Waals surface area (Å²) in [5.74, 6) is 1.50. The van der Waals surface area contributed by atoms with E-state index >= 15 is 0 Å². The minimum atomic E-state index is 0.583. The second-order valence-electron chi connectivity index (χ2n) is 5.58. The SMILES string of the molecule is Nc1cccc2c(NCC3Cc4ccccc43)nccc12. The maximum atomic E-state index is 6.03. The Balaban J connectivity index is 1.58. The summed E-state index contributed by atoms with van der Waals surface area (Å²) in [6, 6.07) is 16.6. The van der Waals surface area contributed by atoms with E-state index in [4.69, 9.17) is 5.73 Å². The highest BCUT2D eigenvalue weighted by atomic mass is 15.0. The predicted octanol–water partition coefficient (Wildman–Crippen LogP) is 3.57. The molecule has 3 heteroatoms. The van der Waals surface area contributed by atoms with E-state index in [2.05, 4.69) is 40.6 Å². The van der Waals surface area contributed by atoms with E-state index in [1.165, 1.54) is 11.1 Å². The Morgan fingerprint density at radius 3 is 2.86 bits per heavy atom. The number of rotatable bonds is 3. The van der Waals surface area contributed by atoms with Gasteiger partial charge in [0.15, 0.2) is 0 Å². The van der Waals surface area contributed by atoms with E-state index in [1.54, 1.807) is 0 Å². The highest BCUT2D eigenvalue weighted by Gasteiger charge is 2.25. The molecule has 1 atom stereocenters. The van der Waals surface area contributed by atoms with Gasteiger partial charge in [0, 0.05) is 35.1 Å². The minimum absolute atomic E-state index is 0.583. The average Bonchev–Trinajstić information content (AvgIpc) is 2.49. The number of pyridine rings is 1. The van der Waals surface area contributed by atoms with Crippen LogP contribution in [0.25, 0.3) is 10.8 Å². The van der Waals surface area contributed by atoms with E-state index in [0.29, 0.717) is 5.92 Å². The van der Waals surface area contributed by atoms with Crippen molar-refractivity contribution in [3.8, 4) is 0 Å². The molecule has 1 unspecified atom stereocenters. The van der Waals surface area contributed by atoms with Crippen molar-refractivity contribution in [3.05, 3.63) is 65.9 Å². The first-order chi connectivity index (χ1) is 10.3. The van der Waals surface area contributed by atoms with Crippen LogP contribution in [0.3, 0.4) is 0 Å². The fraction of sp³-hybridized carbons (Fsp3) is 0.167. The highest BCUT2D eigenvalue weighted by molar-refractivity contribution is 5.99. The number of nitrogens with zero attached hydrogens (tertiary/aromatic N) is 1. The Kier molecular flexibility index (Phi) is 2.78. The molecule has 0 saturated heterocycles. The summed E-state index contributed by atoms with van der Waals surface area (Å²) in [6.07, 6.45) is 2.96. The normalized spacial score (nSPS) is 16.3. The van der Waals surface area contributed by atoms with Gasteiger partial charge in [-0.25, -0.2) is 4.98 Å². The van der Waals surface area contributed by atoms with Gasteiger partial charge in [0.1, 0.15) is 5.82 Å². The van der Waals surface area contributed by atoms with Crippen LogP contribution in [0.2, 0.25) is 0 Å². The fourth-order valence-electron chi connectivity index (χ4n) is 3.14. The van der Waals surface area contributed by atoms with Crippen molar-refractivity contribution in [2.24, 2.45) is 0 Å². The number of hydrogen-bond donors (Lipinski definition) is 2. The molecule has 3 N–H and O–H groups in total. The summed E-state index contributed by atoms with van der Waals surface area (Å²) < 4.78 is 0. The number of fused-ring (bicyclic) bond motifs is 2. The van der Waals surface area contributed by atoms with Crippen molar-refractivity contribution in [1.82, 2.24) is 4.98 Å². The standard InChI is InChI=1S/C18H17N3/c19-17-7-3-6-16-15(17)8-9-20-18(16)21-11-13-10-12-4-1-2-5-14(12)13/h1-9,13H,10-11,19H2,(H,20,21). The maximum absolute atomic E-state index is 6.03. The molecule has 104 valence electrons. The fourth-order valence-corrected chi connectivity index (χ4v) is 3.14. The molecule has 1 aliphatic carbocycles. The molecule has 1 aliphatic rings. The molecule has 0 bridgehead atoms. The third-order valence-corrected chi connectivity index (χ3v) is 4.32. The minimum Gasteiger partial charge on any atom is -0.398 e. The zero-order valence-electron chi connectivity index (χ0n) is 11.7. The Bertz CT molecular complexity index is 810. The Morgan fingerprint density at radius 2 is 1.95 bits per heavy atom. The van der Waals surface area contributed by atoms with Gasteiger partial charge in [0.2, 0.25) is 0 Å². The van der Waals surface area contributed by atoms with Crippen LogP contribution < -0.4 is 11.1 Å². The smallest absolute Gasteiger partial charge is 0.133 e. The quantitative estimate of drug-likeness (QED) is 0.718. The van der Waals surface area contributed by atoms with Gasteiger partial charge in [0.25, 0.3) is 0 Å². The van der Waals surface area contributed by atoms with Gasteiger partial charge in [-0.2, -0.15) is 0 Å². The van der Waals surface area contributed by atoms with Gasteiger partial charge in [-0.15, -0.1) is 0 Å². The molecule has 1 aromatic heterocycles. The molecular formula is C18H17N3. The molecule has 2 aromatic carbocycles. The number of nitrogens with two attached hydrogens (primary N) is 1. The molecule has 0 radical (unpaired) electrons. The first-order valence-corrected chi connectivity index (χ1v) is 7.28. The van der Waals surface area contributed by atoms with Crippen molar-refractivity contribution < 1.29 is 0 Å². The van der Waals surface area contributed by atoms with Crippen LogP contribution in [0.4, 0.5) is 11.5 Å². The molecule has 0 saturated carbocycles. The lowest BCUT2D eigenvalue weighted by atomic mass is 9.77. The van der Waals surface area contributed by atoms with E-state index in [1.807, 2.05) is 24.4 Å². The summed E-state index contributed by atoms with van der Waals surface area (Å²) in [7, 11) is 0. The zero-order valence-corrected chi connectivity index (χ0v) is 11.7. The maximum Gasteiger partial charge on any atom is 0.133 e. The summed E-state index contributed by atoms with van der Waals surface area (Å²) in [5, 5.41) is 5.64. The Hall–Kier alpha value is -2.55. The van der Waals surface area contributed by atoms with Gasteiger partial charge in [-0.3, -0.25) is 0 Å². The van der Waals surface area contributed by atoms with Crippen LogP contribution in [0.5, 0.6) is 0 Å². The van der Waals surface area contributed by atoms with Crippen molar-refractivity contribution >= 4 is 22.3 Å². The van der Waals surface area contributed by atoms with E-state index in [9.17, 15) is 0 Å². The Labute approximate surface area is 123 Å².